The van der Waals surface area contributed by atoms with Gasteiger partial charge in [0.1, 0.15) is 0 Å². The summed E-state index contributed by atoms with van der Waals surface area (Å²) in [4.78, 5) is 16.4. The zero-order chi connectivity index (χ0) is 18.0. The van der Waals surface area contributed by atoms with Crippen molar-refractivity contribution in [3.8, 4) is 5.69 Å². The number of aliphatic imine (C=N–C) groups is 1. The number of alkyl halides is 3. The second-order valence-electron chi connectivity index (χ2n) is 5.11. The van der Waals surface area contributed by atoms with E-state index in [1.807, 2.05) is 0 Å². The quantitative estimate of drug-likeness (QED) is 0.678. The van der Waals surface area contributed by atoms with Gasteiger partial charge in [0.05, 0.1) is 16.9 Å². The highest BCUT2D eigenvalue weighted by atomic mass is 35.5. The first kappa shape index (κ1) is 17.0. The van der Waals surface area contributed by atoms with Crippen molar-refractivity contribution in [2.45, 2.75) is 6.18 Å². The molecule has 3 rings (SSSR count). The topological polar surface area (TPSA) is 50.1 Å². The highest BCUT2D eigenvalue weighted by Gasteiger charge is 2.37. The minimum atomic E-state index is -4.73. The van der Waals surface area contributed by atoms with Gasteiger partial charge in [-0.1, -0.05) is 35.9 Å². The summed E-state index contributed by atoms with van der Waals surface area (Å²) in [5, 5.41) is 2.51. The Labute approximate surface area is 145 Å². The predicted octanol–water partition coefficient (Wildman–Crippen LogP) is 4.59. The van der Waals surface area contributed by atoms with E-state index in [4.69, 9.17) is 11.6 Å². The predicted molar refractivity (Wildman–Crippen MR) is 90.1 cm³/mol. The second-order valence-corrected chi connectivity index (χ2v) is 5.55. The minimum Gasteiger partial charge on any atom is -0.286 e. The van der Waals surface area contributed by atoms with Gasteiger partial charge in [-0.3, -0.25) is 14.9 Å². The van der Waals surface area contributed by atoms with Crippen molar-refractivity contribution < 1.29 is 13.2 Å². The molecule has 1 heterocycles. The summed E-state index contributed by atoms with van der Waals surface area (Å²) in [6.07, 6.45) is -3.83. The third-order valence-electron chi connectivity index (χ3n) is 3.38. The second kappa shape index (κ2) is 6.60. The van der Waals surface area contributed by atoms with Crippen molar-refractivity contribution in [1.82, 2.24) is 9.78 Å². The van der Waals surface area contributed by atoms with Crippen molar-refractivity contribution in [3.63, 3.8) is 0 Å². The molecule has 2 aromatic carbocycles. The van der Waals surface area contributed by atoms with E-state index < -0.39 is 23.0 Å². The maximum Gasteiger partial charge on any atom is 0.433 e. The summed E-state index contributed by atoms with van der Waals surface area (Å²) >= 11 is 5.82. The Bertz CT molecular complexity index is 975. The lowest BCUT2D eigenvalue weighted by Gasteiger charge is -2.04. The zero-order valence-electron chi connectivity index (χ0n) is 12.6. The maximum atomic E-state index is 13.3. The molecule has 0 saturated carbocycles. The van der Waals surface area contributed by atoms with Crippen LogP contribution in [0.5, 0.6) is 0 Å². The standard InChI is InChI=1S/C17H11ClF3N3O/c18-11-5-4-6-12(9-11)22-10-14-15(17(19,20)21)23-24(16(14)25)13-7-2-1-3-8-13/h1-10,23H. The smallest absolute Gasteiger partial charge is 0.286 e. The molecule has 0 bridgehead atoms. The summed E-state index contributed by atoms with van der Waals surface area (Å²) in [6, 6.07) is 14.3. The van der Waals surface area contributed by atoms with Crippen LogP contribution in [0.25, 0.3) is 5.69 Å². The van der Waals surface area contributed by atoms with E-state index in [1.54, 1.807) is 36.4 Å². The lowest BCUT2D eigenvalue weighted by Crippen LogP contribution is -2.17. The van der Waals surface area contributed by atoms with Gasteiger partial charge in [0, 0.05) is 11.2 Å². The van der Waals surface area contributed by atoms with Gasteiger partial charge in [-0.15, -0.1) is 0 Å². The van der Waals surface area contributed by atoms with Crippen molar-refractivity contribution >= 4 is 23.5 Å². The van der Waals surface area contributed by atoms with Crippen LogP contribution in [0.4, 0.5) is 18.9 Å². The van der Waals surface area contributed by atoms with Gasteiger partial charge in [0.2, 0.25) is 0 Å². The highest BCUT2D eigenvalue weighted by Crippen LogP contribution is 2.29. The Kier molecular flexibility index (Phi) is 4.50. The lowest BCUT2D eigenvalue weighted by molar-refractivity contribution is -0.141. The number of para-hydroxylation sites is 1. The fourth-order valence-corrected chi connectivity index (χ4v) is 2.42. The summed E-state index contributed by atoms with van der Waals surface area (Å²) in [5.74, 6) is 0. The fraction of sp³-hybridized carbons (Fsp3) is 0.0588. The minimum absolute atomic E-state index is 0.292. The SMILES string of the molecule is O=c1c(C=Nc2cccc(Cl)c2)c(C(F)(F)F)[nH]n1-c1ccccc1. The Morgan fingerprint density at radius 2 is 1.80 bits per heavy atom. The van der Waals surface area contributed by atoms with Crippen LogP contribution in [-0.2, 0) is 6.18 Å². The molecule has 0 aliphatic heterocycles. The summed E-state index contributed by atoms with van der Waals surface area (Å²) in [6.45, 7) is 0. The molecule has 0 amide bonds. The molecule has 0 fully saturated rings. The number of aromatic nitrogens is 2. The van der Waals surface area contributed by atoms with Gasteiger partial charge in [-0.05, 0) is 30.3 Å². The first-order valence-corrected chi connectivity index (χ1v) is 7.51. The van der Waals surface area contributed by atoms with Crippen LogP contribution in [0, 0.1) is 0 Å². The van der Waals surface area contributed by atoms with E-state index in [-0.39, 0.29) is 0 Å². The van der Waals surface area contributed by atoms with Crippen molar-refractivity contribution in [3.05, 3.63) is 81.2 Å². The molecule has 0 atom stereocenters. The molecule has 3 aromatic rings. The van der Waals surface area contributed by atoms with E-state index in [2.05, 4.69) is 10.1 Å². The molecule has 0 saturated heterocycles. The maximum absolute atomic E-state index is 13.3. The number of nitrogens with one attached hydrogen (secondary N) is 1. The molecule has 1 aromatic heterocycles. The van der Waals surface area contributed by atoms with Crippen LogP contribution in [-0.4, -0.2) is 16.0 Å². The number of aromatic amines is 1. The van der Waals surface area contributed by atoms with Gasteiger partial charge in [0.25, 0.3) is 5.56 Å². The number of halogens is 4. The molecule has 128 valence electrons. The molecule has 4 nitrogen and oxygen atoms in total. The summed E-state index contributed by atoms with van der Waals surface area (Å²) < 4.78 is 40.7. The molecule has 0 aliphatic carbocycles. The van der Waals surface area contributed by atoms with Gasteiger partial charge in [-0.2, -0.15) is 13.2 Å². The van der Waals surface area contributed by atoms with E-state index in [0.29, 0.717) is 16.4 Å². The largest absolute Gasteiger partial charge is 0.433 e. The van der Waals surface area contributed by atoms with Gasteiger partial charge >= 0.3 is 6.18 Å². The zero-order valence-corrected chi connectivity index (χ0v) is 13.3. The number of nitrogens with zero attached hydrogens (tertiary/aromatic N) is 2. The van der Waals surface area contributed by atoms with Crippen molar-refractivity contribution in [2.24, 2.45) is 4.99 Å². The Morgan fingerprint density at radius 3 is 2.44 bits per heavy atom. The Hall–Kier alpha value is -2.80. The van der Waals surface area contributed by atoms with Gasteiger partial charge in [-0.25, -0.2) is 4.68 Å². The summed E-state index contributed by atoms with van der Waals surface area (Å²) in [5.41, 5.74) is -1.94. The Morgan fingerprint density at radius 1 is 1.08 bits per heavy atom. The van der Waals surface area contributed by atoms with Crippen LogP contribution >= 0.6 is 11.6 Å². The third kappa shape index (κ3) is 3.66. The first-order valence-electron chi connectivity index (χ1n) is 7.13. The third-order valence-corrected chi connectivity index (χ3v) is 3.61. The van der Waals surface area contributed by atoms with Crippen LogP contribution in [0.3, 0.4) is 0 Å². The molecule has 25 heavy (non-hydrogen) atoms. The average molecular weight is 366 g/mol. The normalized spacial score (nSPS) is 12.0. The number of hydrogen-bond donors (Lipinski definition) is 1. The molecular formula is C17H11ClF3N3O. The molecule has 1 N–H and O–H groups in total. The van der Waals surface area contributed by atoms with Crippen LogP contribution in [0.2, 0.25) is 5.02 Å². The van der Waals surface area contributed by atoms with E-state index in [1.165, 1.54) is 18.2 Å². The van der Waals surface area contributed by atoms with Gasteiger partial charge in [0.15, 0.2) is 5.69 Å². The summed E-state index contributed by atoms with van der Waals surface area (Å²) in [7, 11) is 0. The first-order chi connectivity index (χ1) is 11.9. The number of hydrogen-bond acceptors (Lipinski definition) is 2. The molecule has 0 radical (unpaired) electrons. The molecule has 0 aliphatic rings. The van der Waals surface area contributed by atoms with Crippen LogP contribution < -0.4 is 5.56 Å². The van der Waals surface area contributed by atoms with Crippen LogP contribution in [0.1, 0.15) is 11.3 Å². The van der Waals surface area contributed by atoms with E-state index in [0.717, 1.165) is 10.9 Å². The Balaban J connectivity index is 2.12. The number of benzene rings is 2. The van der Waals surface area contributed by atoms with E-state index >= 15 is 0 Å². The molecular weight excluding hydrogens is 355 g/mol. The molecule has 8 heteroatoms. The van der Waals surface area contributed by atoms with Crippen molar-refractivity contribution in [2.75, 3.05) is 0 Å². The van der Waals surface area contributed by atoms with Crippen molar-refractivity contribution in [1.29, 1.82) is 0 Å². The average Bonchev–Trinajstić information content (AvgIpc) is 2.91. The highest BCUT2D eigenvalue weighted by molar-refractivity contribution is 6.30. The fourth-order valence-electron chi connectivity index (χ4n) is 2.24. The monoisotopic (exact) mass is 365 g/mol. The molecule has 0 spiro atoms. The number of H-pyrrole nitrogens is 1. The van der Waals surface area contributed by atoms with Crippen LogP contribution in [0.15, 0.2) is 64.4 Å². The van der Waals surface area contributed by atoms with E-state index in [9.17, 15) is 18.0 Å². The molecule has 0 unspecified atom stereocenters. The lowest BCUT2D eigenvalue weighted by atomic mass is 10.2. The van der Waals surface area contributed by atoms with Gasteiger partial charge < -0.3 is 0 Å². The number of rotatable bonds is 3.